The van der Waals surface area contributed by atoms with Crippen molar-refractivity contribution >= 4 is 10.1 Å². The fourth-order valence-corrected chi connectivity index (χ4v) is 1.02. The van der Waals surface area contributed by atoms with E-state index >= 15 is 0 Å². The van der Waals surface area contributed by atoms with Crippen LogP contribution in [0.2, 0.25) is 0 Å². The summed E-state index contributed by atoms with van der Waals surface area (Å²) in [5, 5.41) is 0. The third-order valence-corrected chi connectivity index (χ3v) is 1.67. The molecule has 4 nitrogen and oxygen atoms in total. The SMILES string of the molecule is CC(OS(C)(=O)=O)N(C)C. The standard InChI is InChI=1S/C5H13NO3S/c1-5(6(2)3)9-10(4,7)8/h5H,1-4H3. The van der Waals surface area contributed by atoms with Gasteiger partial charge in [0, 0.05) is 0 Å². The van der Waals surface area contributed by atoms with Gasteiger partial charge in [-0.3, -0.25) is 9.08 Å². The Hall–Kier alpha value is -0.130. The van der Waals surface area contributed by atoms with Crippen LogP contribution in [0.25, 0.3) is 0 Å². The third-order valence-electron chi connectivity index (χ3n) is 1.04. The molecule has 0 saturated carbocycles. The summed E-state index contributed by atoms with van der Waals surface area (Å²) in [4.78, 5) is 1.67. The molecule has 0 radical (unpaired) electrons. The van der Waals surface area contributed by atoms with Crippen LogP contribution in [0.15, 0.2) is 0 Å². The van der Waals surface area contributed by atoms with Gasteiger partial charge in [-0.15, -0.1) is 0 Å². The Balaban J connectivity index is 3.93. The Morgan fingerprint density at radius 2 is 1.80 bits per heavy atom. The first kappa shape index (κ1) is 9.87. The summed E-state index contributed by atoms with van der Waals surface area (Å²) >= 11 is 0. The minimum Gasteiger partial charge on any atom is -0.284 e. The highest BCUT2D eigenvalue weighted by Crippen LogP contribution is 1.98. The summed E-state index contributed by atoms with van der Waals surface area (Å²) in [6.07, 6.45) is 0.641. The van der Waals surface area contributed by atoms with E-state index < -0.39 is 16.3 Å². The molecule has 0 saturated heterocycles. The van der Waals surface area contributed by atoms with Crippen LogP contribution in [0.1, 0.15) is 6.92 Å². The topological polar surface area (TPSA) is 46.6 Å². The van der Waals surface area contributed by atoms with Crippen molar-refractivity contribution in [2.24, 2.45) is 0 Å². The molecule has 0 amide bonds. The van der Waals surface area contributed by atoms with E-state index in [1.807, 2.05) is 0 Å². The van der Waals surface area contributed by atoms with Crippen molar-refractivity contribution in [2.45, 2.75) is 13.2 Å². The molecule has 0 aromatic carbocycles. The zero-order chi connectivity index (χ0) is 8.36. The van der Waals surface area contributed by atoms with Gasteiger partial charge in [-0.25, -0.2) is 0 Å². The highest BCUT2D eigenvalue weighted by Gasteiger charge is 2.10. The van der Waals surface area contributed by atoms with Crippen LogP contribution in [-0.2, 0) is 14.3 Å². The van der Waals surface area contributed by atoms with Crippen LogP contribution in [0.5, 0.6) is 0 Å². The Kier molecular flexibility index (Phi) is 3.27. The first-order valence-corrected chi connectivity index (χ1v) is 4.69. The molecule has 0 spiro atoms. The van der Waals surface area contributed by atoms with Gasteiger partial charge in [-0.1, -0.05) is 0 Å². The maximum Gasteiger partial charge on any atom is 0.265 e. The summed E-state index contributed by atoms with van der Waals surface area (Å²) in [6.45, 7) is 1.67. The third kappa shape index (κ3) is 4.72. The fourth-order valence-electron chi connectivity index (χ4n) is 0.339. The molecule has 62 valence electrons. The van der Waals surface area contributed by atoms with Crippen molar-refractivity contribution in [3.8, 4) is 0 Å². The first-order chi connectivity index (χ1) is 4.33. The largest absolute Gasteiger partial charge is 0.284 e. The summed E-state index contributed by atoms with van der Waals surface area (Å²) in [6, 6.07) is 0. The molecule has 0 aliphatic heterocycles. The van der Waals surface area contributed by atoms with E-state index in [2.05, 4.69) is 4.18 Å². The number of hydrogen-bond donors (Lipinski definition) is 0. The Labute approximate surface area is 61.9 Å². The number of rotatable bonds is 3. The maximum atomic E-state index is 10.5. The first-order valence-electron chi connectivity index (χ1n) is 2.87. The normalized spacial score (nSPS) is 15.7. The van der Waals surface area contributed by atoms with Gasteiger partial charge >= 0.3 is 0 Å². The average molecular weight is 167 g/mol. The van der Waals surface area contributed by atoms with Gasteiger partial charge in [0.2, 0.25) is 0 Å². The second kappa shape index (κ2) is 3.32. The maximum absolute atomic E-state index is 10.5. The zero-order valence-corrected chi connectivity index (χ0v) is 7.47. The molecule has 5 heteroatoms. The highest BCUT2D eigenvalue weighted by molar-refractivity contribution is 7.86. The molecule has 0 fully saturated rings. The van der Waals surface area contributed by atoms with E-state index in [-0.39, 0.29) is 0 Å². The molecule has 0 N–H and O–H groups in total. The van der Waals surface area contributed by atoms with Crippen LogP contribution in [0, 0.1) is 0 Å². The van der Waals surface area contributed by atoms with E-state index in [9.17, 15) is 8.42 Å². The van der Waals surface area contributed by atoms with Crippen molar-refractivity contribution in [1.82, 2.24) is 4.90 Å². The summed E-state index contributed by atoms with van der Waals surface area (Å²) in [5.74, 6) is 0. The van der Waals surface area contributed by atoms with Crippen LogP contribution in [0.4, 0.5) is 0 Å². The van der Waals surface area contributed by atoms with Crippen LogP contribution < -0.4 is 0 Å². The van der Waals surface area contributed by atoms with Crippen molar-refractivity contribution < 1.29 is 12.6 Å². The lowest BCUT2D eigenvalue weighted by molar-refractivity contribution is 0.0893. The Morgan fingerprint density at radius 3 is 1.90 bits per heavy atom. The van der Waals surface area contributed by atoms with Gasteiger partial charge in [0.15, 0.2) is 0 Å². The number of hydrogen-bond acceptors (Lipinski definition) is 4. The molecule has 0 aliphatic carbocycles. The molecular weight excluding hydrogens is 154 g/mol. The summed E-state index contributed by atoms with van der Waals surface area (Å²) in [5.41, 5.74) is 0. The minimum atomic E-state index is -3.31. The molecule has 0 aliphatic rings. The quantitative estimate of drug-likeness (QED) is 0.434. The Morgan fingerprint density at radius 1 is 1.40 bits per heavy atom. The monoisotopic (exact) mass is 167 g/mol. The highest BCUT2D eigenvalue weighted by atomic mass is 32.2. The lowest BCUT2D eigenvalue weighted by Crippen LogP contribution is -2.29. The average Bonchev–Trinajstić information content (AvgIpc) is 1.60. The van der Waals surface area contributed by atoms with Crippen molar-refractivity contribution in [2.75, 3.05) is 20.4 Å². The molecule has 0 heterocycles. The molecular formula is C5H13NO3S. The second-order valence-corrected chi connectivity index (χ2v) is 3.96. The van der Waals surface area contributed by atoms with Gasteiger partial charge in [-0.2, -0.15) is 8.42 Å². The molecule has 0 bridgehead atoms. The molecule has 1 atom stereocenters. The minimum absolute atomic E-state index is 0.394. The fraction of sp³-hybridized carbons (Fsp3) is 1.00. The van der Waals surface area contributed by atoms with E-state index in [0.717, 1.165) is 6.26 Å². The van der Waals surface area contributed by atoms with Crippen LogP contribution >= 0.6 is 0 Å². The van der Waals surface area contributed by atoms with Crippen LogP contribution in [0.3, 0.4) is 0 Å². The lowest BCUT2D eigenvalue weighted by Gasteiger charge is -2.17. The lowest BCUT2D eigenvalue weighted by atomic mass is 10.6. The Bertz CT molecular complexity index is 185. The van der Waals surface area contributed by atoms with Crippen molar-refractivity contribution in [3.05, 3.63) is 0 Å². The van der Waals surface area contributed by atoms with Gasteiger partial charge in [0.1, 0.15) is 6.23 Å². The predicted octanol–water partition coefficient (Wildman–Crippen LogP) is -0.130. The van der Waals surface area contributed by atoms with E-state index in [4.69, 9.17) is 0 Å². The summed E-state index contributed by atoms with van der Waals surface area (Å²) in [7, 11) is 0.182. The van der Waals surface area contributed by atoms with Gasteiger partial charge in [-0.05, 0) is 21.0 Å². The van der Waals surface area contributed by atoms with Gasteiger partial charge in [0.05, 0.1) is 6.26 Å². The number of nitrogens with zero attached hydrogens (tertiary/aromatic N) is 1. The van der Waals surface area contributed by atoms with Crippen LogP contribution in [-0.4, -0.2) is 39.9 Å². The molecule has 0 rings (SSSR count). The van der Waals surface area contributed by atoms with E-state index in [1.54, 1.807) is 25.9 Å². The van der Waals surface area contributed by atoms with Crippen molar-refractivity contribution in [3.63, 3.8) is 0 Å². The van der Waals surface area contributed by atoms with E-state index in [1.165, 1.54) is 0 Å². The second-order valence-electron chi connectivity index (χ2n) is 2.36. The predicted molar refractivity (Wildman–Crippen MR) is 39.1 cm³/mol. The zero-order valence-electron chi connectivity index (χ0n) is 6.66. The van der Waals surface area contributed by atoms with Gasteiger partial charge in [0.25, 0.3) is 10.1 Å². The molecule has 0 aromatic heterocycles. The van der Waals surface area contributed by atoms with Crippen molar-refractivity contribution in [1.29, 1.82) is 0 Å². The molecule has 0 aromatic rings. The van der Waals surface area contributed by atoms with E-state index in [0.29, 0.717) is 0 Å². The molecule has 1 unspecified atom stereocenters. The summed E-state index contributed by atoms with van der Waals surface area (Å²) < 4.78 is 25.6. The van der Waals surface area contributed by atoms with Gasteiger partial charge < -0.3 is 0 Å². The smallest absolute Gasteiger partial charge is 0.265 e. The molecule has 10 heavy (non-hydrogen) atoms.